The van der Waals surface area contributed by atoms with Crippen molar-refractivity contribution in [3.8, 4) is 0 Å². The molecule has 0 N–H and O–H groups in total. The number of hydrogen-bond acceptors (Lipinski definition) is 8. The zero-order valence-electron chi connectivity index (χ0n) is 14.2. The minimum atomic E-state index is -1.24. The first-order valence-corrected chi connectivity index (χ1v) is 7.11. The molecule has 0 heterocycles. The second kappa shape index (κ2) is 10.2. The number of hydrogen-bond donors (Lipinski definition) is 0. The van der Waals surface area contributed by atoms with Crippen molar-refractivity contribution in [2.75, 3.05) is 13.2 Å². The van der Waals surface area contributed by atoms with Crippen LogP contribution in [0.3, 0.4) is 0 Å². The second-order valence-electron chi connectivity index (χ2n) is 5.19. The van der Waals surface area contributed by atoms with E-state index in [9.17, 15) is 19.2 Å². The van der Waals surface area contributed by atoms with Gasteiger partial charge in [-0.2, -0.15) is 0 Å². The molecule has 8 heteroatoms. The highest BCUT2D eigenvalue weighted by atomic mass is 16.6. The lowest BCUT2D eigenvalue weighted by atomic mass is 10.3. The van der Waals surface area contributed by atoms with Crippen LogP contribution in [-0.4, -0.2) is 49.3 Å². The molecule has 0 rings (SSSR count). The fourth-order valence-corrected chi connectivity index (χ4v) is 1.14. The van der Waals surface area contributed by atoms with Gasteiger partial charge in [0.1, 0.15) is 25.4 Å². The minimum absolute atomic E-state index is 0.200. The van der Waals surface area contributed by atoms with Crippen molar-refractivity contribution in [3.63, 3.8) is 0 Å². The van der Waals surface area contributed by atoms with Crippen LogP contribution >= 0.6 is 0 Å². The predicted molar refractivity (Wildman–Crippen MR) is 82.7 cm³/mol. The summed E-state index contributed by atoms with van der Waals surface area (Å²) in [7, 11) is 0. The Morgan fingerprint density at radius 2 is 1.00 bits per heavy atom. The van der Waals surface area contributed by atoms with Gasteiger partial charge in [0.05, 0.1) is 0 Å². The van der Waals surface area contributed by atoms with E-state index in [0.717, 1.165) is 0 Å². The zero-order valence-corrected chi connectivity index (χ0v) is 14.2. The Balaban J connectivity index is 4.13. The van der Waals surface area contributed by atoms with Crippen molar-refractivity contribution in [2.24, 2.45) is 0 Å². The summed E-state index contributed by atoms with van der Waals surface area (Å²) in [6.07, 6.45) is -1.50. The molecule has 134 valence electrons. The van der Waals surface area contributed by atoms with E-state index in [-0.39, 0.29) is 24.4 Å². The molecule has 0 spiro atoms. The van der Waals surface area contributed by atoms with E-state index in [1.54, 1.807) is 0 Å². The van der Waals surface area contributed by atoms with Crippen molar-refractivity contribution in [1.29, 1.82) is 0 Å². The molecule has 0 saturated heterocycles. The normalized spacial score (nSPS) is 12.3. The lowest BCUT2D eigenvalue weighted by Crippen LogP contribution is -2.29. The molecule has 2 atom stereocenters. The van der Waals surface area contributed by atoms with Crippen molar-refractivity contribution < 1.29 is 38.1 Å². The van der Waals surface area contributed by atoms with Crippen LogP contribution in [0.1, 0.15) is 27.7 Å². The Bertz CT molecular complexity index is 486. The van der Waals surface area contributed by atoms with Crippen molar-refractivity contribution in [3.05, 3.63) is 24.3 Å². The van der Waals surface area contributed by atoms with E-state index in [1.165, 1.54) is 27.7 Å². The molecule has 8 nitrogen and oxygen atoms in total. The molecule has 0 bridgehead atoms. The third-order valence-electron chi connectivity index (χ3n) is 2.38. The summed E-state index contributed by atoms with van der Waals surface area (Å²) >= 11 is 0. The molecule has 0 aromatic rings. The highest BCUT2D eigenvalue weighted by Gasteiger charge is 2.21. The van der Waals surface area contributed by atoms with E-state index < -0.39 is 36.1 Å². The van der Waals surface area contributed by atoms with E-state index in [1.807, 2.05) is 0 Å². The summed E-state index contributed by atoms with van der Waals surface area (Å²) in [4.78, 5) is 45.4. The third-order valence-corrected chi connectivity index (χ3v) is 2.38. The number of carbonyl (C=O) groups is 4. The lowest BCUT2D eigenvalue weighted by Gasteiger charge is -2.14. The molecule has 0 aromatic carbocycles. The van der Waals surface area contributed by atoms with Gasteiger partial charge >= 0.3 is 23.9 Å². The first kappa shape index (κ1) is 21.4. The first-order chi connectivity index (χ1) is 11.0. The monoisotopic (exact) mass is 342 g/mol. The molecule has 0 aliphatic rings. The average Bonchev–Trinajstić information content (AvgIpc) is 2.49. The molecule has 0 fully saturated rings. The predicted octanol–water partition coefficient (Wildman–Crippen LogP) is 1.09. The molecular formula is C16H22O8. The molecule has 0 aliphatic carbocycles. The summed E-state index contributed by atoms with van der Waals surface area (Å²) in [6.45, 7) is 12.1. The summed E-state index contributed by atoms with van der Waals surface area (Å²) in [5, 5.41) is 0. The van der Waals surface area contributed by atoms with Gasteiger partial charge in [0.25, 0.3) is 0 Å². The zero-order chi connectivity index (χ0) is 18.9. The van der Waals surface area contributed by atoms with Crippen LogP contribution in [-0.2, 0) is 38.1 Å². The Labute approximate surface area is 140 Å². The molecule has 0 radical (unpaired) electrons. The highest BCUT2D eigenvalue weighted by Crippen LogP contribution is 2.01. The highest BCUT2D eigenvalue weighted by molar-refractivity contribution is 6.29. The van der Waals surface area contributed by atoms with Gasteiger partial charge in [0, 0.05) is 11.1 Å². The van der Waals surface area contributed by atoms with Crippen LogP contribution in [0.4, 0.5) is 0 Å². The van der Waals surface area contributed by atoms with Crippen LogP contribution in [0.5, 0.6) is 0 Å². The van der Waals surface area contributed by atoms with Gasteiger partial charge < -0.3 is 18.9 Å². The Morgan fingerprint density at radius 3 is 1.25 bits per heavy atom. The smallest absolute Gasteiger partial charge is 0.417 e. The molecule has 0 saturated carbocycles. The van der Waals surface area contributed by atoms with Crippen LogP contribution in [0.2, 0.25) is 0 Å². The molecular weight excluding hydrogens is 320 g/mol. The number of carbonyl (C=O) groups excluding carboxylic acids is 4. The van der Waals surface area contributed by atoms with Crippen molar-refractivity contribution >= 4 is 23.9 Å². The standard InChI is InChI=1S/C16H22O8/c1-9(2)13(17)23-11(5)7-21-15(19)16(20)22-8-12(6)24-14(18)10(3)4/h11-12H,1,3,7-8H2,2,4-6H3. The summed E-state index contributed by atoms with van der Waals surface area (Å²) in [5.74, 6) is -3.75. The topological polar surface area (TPSA) is 105 Å². The van der Waals surface area contributed by atoms with Gasteiger partial charge in [-0.1, -0.05) is 13.2 Å². The van der Waals surface area contributed by atoms with Gasteiger partial charge in [-0.3, -0.25) is 0 Å². The van der Waals surface area contributed by atoms with E-state index in [4.69, 9.17) is 9.47 Å². The number of rotatable bonds is 8. The van der Waals surface area contributed by atoms with Gasteiger partial charge in [-0.25, -0.2) is 19.2 Å². The largest absolute Gasteiger partial charge is 0.456 e. The van der Waals surface area contributed by atoms with Crippen LogP contribution in [0.15, 0.2) is 24.3 Å². The maximum absolute atomic E-state index is 11.4. The third kappa shape index (κ3) is 8.72. The summed E-state index contributed by atoms with van der Waals surface area (Å²) < 4.78 is 19.1. The van der Waals surface area contributed by atoms with Gasteiger partial charge in [-0.05, 0) is 27.7 Å². The Hall–Kier alpha value is -2.64. The van der Waals surface area contributed by atoms with Gasteiger partial charge in [0.2, 0.25) is 0 Å². The molecule has 2 unspecified atom stereocenters. The fourth-order valence-electron chi connectivity index (χ4n) is 1.14. The Morgan fingerprint density at radius 1 is 0.708 bits per heavy atom. The van der Waals surface area contributed by atoms with Crippen molar-refractivity contribution in [2.45, 2.75) is 39.9 Å². The van der Waals surface area contributed by atoms with E-state index in [0.29, 0.717) is 0 Å². The Kier molecular flexibility index (Phi) is 9.07. The maximum atomic E-state index is 11.4. The van der Waals surface area contributed by atoms with E-state index >= 15 is 0 Å². The summed E-state index contributed by atoms with van der Waals surface area (Å²) in [6, 6.07) is 0. The summed E-state index contributed by atoms with van der Waals surface area (Å²) in [5.41, 5.74) is 0.400. The number of esters is 4. The van der Waals surface area contributed by atoms with Crippen molar-refractivity contribution in [1.82, 2.24) is 0 Å². The van der Waals surface area contributed by atoms with Crippen LogP contribution in [0.25, 0.3) is 0 Å². The second-order valence-corrected chi connectivity index (χ2v) is 5.19. The minimum Gasteiger partial charge on any atom is -0.456 e. The molecule has 0 aliphatic heterocycles. The van der Waals surface area contributed by atoms with Gasteiger partial charge in [-0.15, -0.1) is 0 Å². The molecule has 0 amide bonds. The molecule has 0 aromatic heterocycles. The van der Waals surface area contributed by atoms with Crippen LogP contribution in [0, 0.1) is 0 Å². The van der Waals surface area contributed by atoms with E-state index in [2.05, 4.69) is 22.6 Å². The quantitative estimate of drug-likeness (QED) is 0.279. The molecule has 24 heavy (non-hydrogen) atoms. The first-order valence-electron chi connectivity index (χ1n) is 7.11. The van der Waals surface area contributed by atoms with Crippen LogP contribution < -0.4 is 0 Å². The lowest BCUT2D eigenvalue weighted by molar-refractivity contribution is -0.173. The fraction of sp³-hybridized carbons (Fsp3) is 0.500. The maximum Gasteiger partial charge on any atom is 0.417 e. The van der Waals surface area contributed by atoms with Gasteiger partial charge in [0.15, 0.2) is 0 Å². The SMILES string of the molecule is C=C(C)C(=O)OC(C)COC(=O)C(=O)OCC(C)OC(=O)C(=C)C. The number of ether oxygens (including phenoxy) is 4. The average molecular weight is 342 g/mol.